The van der Waals surface area contributed by atoms with Gasteiger partial charge in [-0.25, -0.2) is 19.9 Å². The van der Waals surface area contributed by atoms with Crippen molar-refractivity contribution in [2.24, 2.45) is 0 Å². The van der Waals surface area contributed by atoms with E-state index in [9.17, 15) is 0 Å². The number of rotatable bonds is 8. The number of aromatic nitrogens is 4. The van der Waals surface area contributed by atoms with Crippen LogP contribution in [0, 0.1) is 0 Å². The van der Waals surface area contributed by atoms with Gasteiger partial charge in [-0.05, 0) is 102 Å². The van der Waals surface area contributed by atoms with E-state index in [0.29, 0.717) is 11.6 Å². The number of hydrogen-bond donors (Lipinski definition) is 0. The van der Waals surface area contributed by atoms with Gasteiger partial charge in [0.2, 0.25) is 0 Å². The van der Waals surface area contributed by atoms with Gasteiger partial charge in [-0.3, -0.25) is 0 Å². The molecule has 10 aromatic carbocycles. The Bertz CT molecular complexity index is 3970. The summed E-state index contributed by atoms with van der Waals surface area (Å²) in [5.74, 6) is 1.37. The van der Waals surface area contributed by atoms with Crippen molar-refractivity contribution in [2.75, 3.05) is 0 Å². The molecule has 360 valence electrons. The van der Waals surface area contributed by atoms with Crippen LogP contribution < -0.4 is 0 Å². The van der Waals surface area contributed by atoms with Crippen molar-refractivity contribution >= 4 is 10.8 Å². The highest BCUT2D eigenvalue weighted by Gasteiger charge is 2.37. The molecule has 0 saturated carbocycles. The fourth-order valence-electron chi connectivity index (χ4n) is 12.1. The smallest absolute Gasteiger partial charge is 0.160 e. The third-order valence-electron chi connectivity index (χ3n) is 16.2. The van der Waals surface area contributed by atoms with Crippen LogP contribution in [0.2, 0.25) is 0 Å². The Morgan fingerprint density at radius 3 is 0.961 bits per heavy atom. The maximum absolute atomic E-state index is 5.49. The van der Waals surface area contributed by atoms with Gasteiger partial charge in [0, 0.05) is 44.2 Å². The third kappa shape index (κ3) is 7.51. The van der Waals surface area contributed by atoms with Crippen molar-refractivity contribution in [3.8, 4) is 112 Å². The Morgan fingerprint density at radius 1 is 0.224 bits per heavy atom. The third-order valence-corrected chi connectivity index (χ3v) is 16.2. The highest BCUT2D eigenvalue weighted by Crippen LogP contribution is 2.51. The lowest BCUT2D eigenvalue weighted by Gasteiger charge is -2.22. The summed E-state index contributed by atoms with van der Waals surface area (Å²) in [4.78, 5) is 21.8. The summed E-state index contributed by atoms with van der Waals surface area (Å²) >= 11 is 0. The molecule has 0 atom stereocenters. The zero-order valence-electron chi connectivity index (χ0n) is 42.9. The van der Waals surface area contributed by atoms with Crippen LogP contribution in [0.3, 0.4) is 0 Å². The zero-order valence-corrected chi connectivity index (χ0v) is 42.9. The second-order valence-corrected chi connectivity index (χ2v) is 21.4. The summed E-state index contributed by atoms with van der Waals surface area (Å²) in [6, 6.07) is 87.1. The normalized spacial score (nSPS) is 13.5. The van der Waals surface area contributed by atoms with Crippen molar-refractivity contribution in [3.63, 3.8) is 0 Å². The van der Waals surface area contributed by atoms with E-state index in [1.54, 1.807) is 0 Å². The van der Waals surface area contributed by atoms with Gasteiger partial charge in [-0.2, -0.15) is 0 Å². The van der Waals surface area contributed by atoms with E-state index in [1.807, 2.05) is 0 Å². The first-order valence-corrected chi connectivity index (χ1v) is 26.3. The minimum absolute atomic E-state index is 0.170. The van der Waals surface area contributed by atoms with E-state index in [4.69, 9.17) is 19.9 Å². The SMILES string of the molecule is CC1(C)c2ccccc2-c2ccc(-c3nc(-c4ccc(-c5ccccc5)cc4)cc(-c4cccc5c(-c6cc(-c7ccc(-c8ccccc8)cc7)nc(-c7ccc8c(c7)C(C)(C)c7ccccc7-8)n6)cccc45)n3)cc21. The van der Waals surface area contributed by atoms with Gasteiger partial charge < -0.3 is 0 Å². The zero-order chi connectivity index (χ0) is 51.1. The molecular weight excluding hydrogens is 921 g/mol. The summed E-state index contributed by atoms with van der Waals surface area (Å²) in [5, 5.41) is 2.15. The molecule has 0 N–H and O–H groups in total. The predicted octanol–water partition coefficient (Wildman–Crippen LogP) is 18.4. The van der Waals surface area contributed by atoms with Gasteiger partial charge in [0.15, 0.2) is 11.6 Å². The van der Waals surface area contributed by atoms with Crippen molar-refractivity contribution in [1.82, 2.24) is 19.9 Å². The monoisotopic (exact) mass is 972 g/mol. The molecule has 2 aromatic heterocycles. The van der Waals surface area contributed by atoms with Crippen molar-refractivity contribution < 1.29 is 0 Å². The van der Waals surface area contributed by atoms with E-state index in [0.717, 1.165) is 78.1 Å². The molecule has 0 saturated heterocycles. The molecule has 4 heteroatoms. The highest BCUT2D eigenvalue weighted by molar-refractivity contribution is 6.04. The molecule has 0 bridgehead atoms. The first-order chi connectivity index (χ1) is 37.2. The summed E-state index contributed by atoms with van der Waals surface area (Å²) in [7, 11) is 0. The molecule has 0 aliphatic heterocycles. The Labute approximate surface area is 444 Å². The van der Waals surface area contributed by atoms with Crippen LogP contribution in [-0.4, -0.2) is 19.9 Å². The first-order valence-electron chi connectivity index (χ1n) is 26.3. The molecule has 2 aliphatic rings. The molecule has 12 aromatic rings. The van der Waals surface area contributed by atoms with Gasteiger partial charge >= 0.3 is 0 Å². The average Bonchev–Trinajstić information content (AvgIpc) is 3.88. The molecule has 0 unspecified atom stereocenters. The summed E-state index contributed by atoms with van der Waals surface area (Å²) in [6.45, 7) is 9.29. The van der Waals surface area contributed by atoms with Gasteiger partial charge in [0.25, 0.3) is 0 Å². The van der Waals surface area contributed by atoms with Crippen LogP contribution in [0.1, 0.15) is 49.9 Å². The Hall–Kier alpha value is -9.38. The van der Waals surface area contributed by atoms with Crippen molar-refractivity contribution in [1.29, 1.82) is 0 Å². The first kappa shape index (κ1) is 45.3. The second kappa shape index (κ2) is 17.6. The number of fused-ring (bicyclic) bond motifs is 7. The Kier molecular flexibility index (Phi) is 10.5. The maximum Gasteiger partial charge on any atom is 0.160 e. The fraction of sp³-hybridized carbons (Fsp3) is 0.0833. The van der Waals surface area contributed by atoms with Crippen LogP contribution in [0.4, 0.5) is 0 Å². The molecule has 14 rings (SSSR count). The van der Waals surface area contributed by atoms with E-state index < -0.39 is 0 Å². The van der Waals surface area contributed by atoms with E-state index >= 15 is 0 Å². The minimum atomic E-state index is -0.170. The molecule has 0 spiro atoms. The van der Waals surface area contributed by atoms with Crippen LogP contribution in [-0.2, 0) is 10.8 Å². The largest absolute Gasteiger partial charge is 0.228 e. The Morgan fingerprint density at radius 2 is 0.539 bits per heavy atom. The number of hydrogen-bond acceptors (Lipinski definition) is 4. The molecule has 0 fully saturated rings. The van der Waals surface area contributed by atoms with Crippen LogP contribution in [0.5, 0.6) is 0 Å². The lowest BCUT2D eigenvalue weighted by molar-refractivity contribution is 0.660. The topological polar surface area (TPSA) is 51.6 Å². The molecular formula is C72H52N4. The summed E-state index contributed by atoms with van der Waals surface area (Å²) in [5.41, 5.74) is 24.2. The van der Waals surface area contributed by atoms with Crippen LogP contribution >= 0.6 is 0 Å². The van der Waals surface area contributed by atoms with E-state index in [1.165, 1.54) is 55.6 Å². The lowest BCUT2D eigenvalue weighted by Crippen LogP contribution is -2.15. The molecule has 4 nitrogen and oxygen atoms in total. The second-order valence-electron chi connectivity index (χ2n) is 21.4. The Balaban J connectivity index is 0.922. The highest BCUT2D eigenvalue weighted by atomic mass is 14.9. The fourth-order valence-corrected chi connectivity index (χ4v) is 12.1. The minimum Gasteiger partial charge on any atom is -0.228 e. The van der Waals surface area contributed by atoms with Crippen LogP contribution in [0.15, 0.2) is 243 Å². The van der Waals surface area contributed by atoms with Crippen LogP contribution in [0.25, 0.3) is 123 Å². The summed E-state index contributed by atoms with van der Waals surface area (Å²) < 4.78 is 0. The standard InChI is InChI=1S/C72H52N4/c1-71(2)61-27-13-11-21-55(61)57-39-37-51(41-63(57)71)69-73-65(49-33-29-47(30-34-49)45-17-7-5-8-18-45)43-67(75-69)59-25-15-24-54-53(59)23-16-26-60(54)68-44-66(50-35-31-48(32-36-50)46-19-9-6-10-20-46)74-70(76-68)52-38-40-58-56-22-12-14-28-62(56)72(3,4)64(58)42-52/h5-44H,1-4H3. The maximum atomic E-state index is 5.49. The lowest BCUT2D eigenvalue weighted by atomic mass is 9.82. The molecule has 2 aliphatic carbocycles. The summed E-state index contributed by atoms with van der Waals surface area (Å²) in [6.07, 6.45) is 0. The molecule has 0 radical (unpaired) electrons. The molecule has 0 amide bonds. The molecule has 76 heavy (non-hydrogen) atoms. The van der Waals surface area contributed by atoms with Crippen molar-refractivity contribution in [3.05, 3.63) is 265 Å². The van der Waals surface area contributed by atoms with Gasteiger partial charge in [0.1, 0.15) is 0 Å². The average molecular weight is 973 g/mol. The van der Waals surface area contributed by atoms with Gasteiger partial charge in [-0.1, -0.05) is 246 Å². The number of nitrogens with zero attached hydrogens (tertiary/aromatic N) is 4. The van der Waals surface area contributed by atoms with Gasteiger partial charge in [-0.15, -0.1) is 0 Å². The molecule has 2 heterocycles. The predicted molar refractivity (Wildman–Crippen MR) is 314 cm³/mol. The van der Waals surface area contributed by atoms with E-state index in [2.05, 4.69) is 270 Å². The van der Waals surface area contributed by atoms with Gasteiger partial charge in [0.05, 0.1) is 22.8 Å². The van der Waals surface area contributed by atoms with E-state index in [-0.39, 0.29) is 10.8 Å². The number of benzene rings is 10. The van der Waals surface area contributed by atoms with Crippen molar-refractivity contribution in [2.45, 2.75) is 38.5 Å². The quantitative estimate of drug-likeness (QED) is 0.152.